The van der Waals surface area contributed by atoms with E-state index < -0.39 is 0 Å². The van der Waals surface area contributed by atoms with E-state index in [0.29, 0.717) is 11.7 Å². The van der Waals surface area contributed by atoms with Crippen LogP contribution in [0.4, 0.5) is 5.13 Å². The normalized spacial score (nSPS) is 14.9. The average molecular weight is 330 g/mol. The van der Waals surface area contributed by atoms with Crippen molar-refractivity contribution < 1.29 is 9.53 Å². The van der Waals surface area contributed by atoms with Crippen LogP contribution in [0, 0.1) is 12.8 Å². The quantitative estimate of drug-likeness (QED) is 0.868. The molecule has 5 heteroatoms. The number of carbonyl (C=O) groups excluding carboxylic acids is 1. The van der Waals surface area contributed by atoms with Gasteiger partial charge in [-0.2, -0.15) is 0 Å². The summed E-state index contributed by atoms with van der Waals surface area (Å²) >= 11 is 1.54. The van der Waals surface area contributed by atoms with Gasteiger partial charge in [0, 0.05) is 16.4 Å². The first-order chi connectivity index (χ1) is 11.2. The van der Waals surface area contributed by atoms with Crippen LogP contribution >= 0.6 is 11.3 Å². The fourth-order valence-corrected chi connectivity index (χ4v) is 3.83. The predicted molar refractivity (Wildman–Crippen MR) is 94.0 cm³/mol. The second-order valence-corrected chi connectivity index (χ2v) is 7.06. The lowest BCUT2D eigenvalue weighted by Gasteiger charge is -2.07. The maximum absolute atomic E-state index is 12.2. The number of hydrogen-bond acceptors (Lipinski definition) is 4. The first-order valence-corrected chi connectivity index (χ1v) is 9.00. The summed E-state index contributed by atoms with van der Waals surface area (Å²) in [5.74, 6) is 1.14. The van der Waals surface area contributed by atoms with Gasteiger partial charge < -0.3 is 10.1 Å². The van der Waals surface area contributed by atoms with E-state index in [9.17, 15) is 4.79 Å². The summed E-state index contributed by atoms with van der Waals surface area (Å²) in [6.45, 7) is 4.67. The van der Waals surface area contributed by atoms with Gasteiger partial charge in [0.2, 0.25) is 5.91 Å². The molecule has 122 valence electrons. The zero-order valence-electron chi connectivity index (χ0n) is 13.6. The van der Waals surface area contributed by atoms with Gasteiger partial charge >= 0.3 is 0 Å². The Bertz CT molecular complexity index is 673. The van der Waals surface area contributed by atoms with E-state index in [1.165, 1.54) is 11.3 Å². The molecule has 1 fully saturated rings. The minimum absolute atomic E-state index is 0.120. The number of benzene rings is 1. The summed E-state index contributed by atoms with van der Waals surface area (Å²) < 4.78 is 5.47. The van der Waals surface area contributed by atoms with E-state index in [0.717, 1.165) is 47.6 Å². The Balaban J connectivity index is 1.73. The standard InChI is InChI=1S/C18H22N2O2S/c1-3-22-15-10-8-13(9-11-15)16-12(2)23-18(19-16)20-17(21)14-6-4-5-7-14/h8-11,14H,3-7H2,1-2H3,(H,19,20,21). The molecule has 4 nitrogen and oxygen atoms in total. The van der Waals surface area contributed by atoms with Gasteiger partial charge in [-0.05, 0) is 51.0 Å². The van der Waals surface area contributed by atoms with Crippen molar-refractivity contribution in [1.29, 1.82) is 0 Å². The first-order valence-electron chi connectivity index (χ1n) is 8.19. The summed E-state index contributed by atoms with van der Waals surface area (Å²) in [6.07, 6.45) is 4.32. The molecule has 2 aromatic rings. The lowest BCUT2D eigenvalue weighted by atomic mass is 10.1. The molecule has 0 bridgehead atoms. The van der Waals surface area contributed by atoms with Crippen LogP contribution in [0.5, 0.6) is 5.75 Å². The Morgan fingerprint density at radius 1 is 1.30 bits per heavy atom. The SMILES string of the molecule is CCOc1ccc(-c2nc(NC(=O)C3CCCC3)sc2C)cc1. The minimum Gasteiger partial charge on any atom is -0.494 e. The van der Waals surface area contributed by atoms with Gasteiger partial charge in [-0.15, -0.1) is 11.3 Å². The molecule has 1 saturated carbocycles. The molecular weight excluding hydrogens is 308 g/mol. The van der Waals surface area contributed by atoms with Gasteiger partial charge in [-0.1, -0.05) is 12.8 Å². The zero-order valence-corrected chi connectivity index (χ0v) is 14.4. The number of hydrogen-bond donors (Lipinski definition) is 1. The Labute approximate surface area is 140 Å². The highest BCUT2D eigenvalue weighted by Gasteiger charge is 2.23. The summed E-state index contributed by atoms with van der Waals surface area (Å²) in [5, 5.41) is 3.69. The van der Waals surface area contributed by atoms with Crippen LogP contribution in [0.15, 0.2) is 24.3 Å². The third-order valence-corrected chi connectivity index (χ3v) is 5.08. The summed E-state index contributed by atoms with van der Waals surface area (Å²) in [6, 6.07) is 7.92. The Hall–Kier alpha value is -1.88. The van der Waals surface area contributed by atoms with Crippen molar-refractivity contribution in [3.63, 3.8) is 0 Å². The number of rotatable bonds is 5. The van der Waals surface area contributed by atoms with Crippen LogP contribution in [0.1, 0.15) is 37.5 Å². The molecule has 1 amide bonds. The highest BCUT2D eigenvalue weighted by molar-refractivity contribution is 7.16. The van der Waals surface area contributed by atoms with Crippen LogP contribution in [0.3, 0.4) is 0 Å². The van der Waals surface area contributed by atoms with Crippen LogP contribution < -0.4 is 10.1 Å². The number of nitrogens with zero attached hydrogens (tertiary/aromatic N) is 1. The van der Waals surface area contributed by atoms with Crippen LogP contribution in [0.2, 0.25) is 0 Å². The maximum Gasteiger partial charge on any atom is 0.229 e. The number of aryl methyl sites for hydroxylation is 1. The number of carbonyl (C=O) groups is 1. The number of ether oxygens (including phenoxy) is 1. The van der Waals surface area contributed by atoms with Crippen molar-refractivity contribution in [1.82, 2.24) is 4.98 Å². The average Bonchev–Trinajstić information content (AvgIpc) is 3.18. The zero-order chi connectivity index (χ0) is 16.2. The molecular formula is C18H22N2O2S. The molecule has 1 aliphatic rings. The molecule has 1 aromatic carbocycles. The lowest BCUT2D eigenvalue weighted by Crippen LogP contribution is -2.20. The third-order valence-electron chi connectivity index (χ3n) is 4.19. The Morgan fingerprint density at radius 3 is 2.65 bits per heavy atom. The maximum atomic E-state index is 12.2. The monoisotopic (exact) mass is 330 g/mol. The number of anilines is 1. The summed E-state index contributed by atoms with van der Waals surface area (Å²) in [7, 11) is 0. The van der Waals surface area contributed by atoms with Crippen molar-refractivity contribution in [3.8, 4) is 17.0 Å². The fraction of sp³-hybridized carbons (Fsp3) is 0.444. The molecule has 0 unspecified atom stereocenters. The molecule has 0 radical (unpaired) electrons. The minimum atomic E-state index is 0.120. The van der Waals surface area contributed by atoms with E-state index >= 15 is 0 Å². The molecule has 0 saturated heterocycles. The largest absolute Gasteiger partial charge is 0.494 e. The molecule has 0 aliphatic heterocycles. The molecule has 0 atom stereocenters. The molecule has 0 spiro atoms. The number of nitrogens with one attached hydrogen (secondary N) is 1. The molecule has 23 heavy (non-hydrogen) atoms. The van der Waals surface area contributed by atoms with Crippen molar-refractivity contribution in [2.45, 2.75) is 39.5 Å². The molecule has 1 heterocycles. The third kappa shape index (κ3) is 3.72. The van der Waals surface area contributed by atoms with Crippen molar-refractivity contribution in [2.24, 2.45) is 5.92 Å². The van der Waals surface area contributed by atoms with Gasteiger partial charge in [-0.25, -0.2) is 4.98 Å². The fourth-order valence-electron chi connectivity index (χ4n) is 2.99. The lowest BCUT2D eigenvalue weighted by molar-refractivity contribution is -0.119. The molecule has 1 aromatic heterocycles. The summed E-state index contributed by atoms with van der Waals surface area (Å²) in [4.78, 5) is 17.9. The topological polar surface area (TPSA) is 51.2 Å². The van der Waals surface area contributed by atoms with Gasteiger partial charge in [0.05, 0.1) is 12.3 Å². The van der Waals surface area contributed by atoms with E-state index in [-0.39, 0.29) is 11.8 Å². The van der Waals surface area contributed by atoms with E-state index in [4.69, 9.17) is 4.74 Å². The van der Waals surface area contributed by atoms with E-state index in [1.807, 2.05) is 38.1 Å². The van der Waals surface area contributed by atoms with Gasteiger partial charge in [0.25, 0.3) is 0 Å². The summed E-state index contributed by atoms with van der Waals surface area (Å²) in [5.41, 5.74) is 1.98. The van der Waals surface area contributed by atoms with Crippen molar-refractivity contribution >= 4 is 22.4 Å². The molecule has 1 aliphatic carbocycles. The number of amides is 1. The molecule has 1 N–H and O–H groups in total. The van der Waals surface area contributed by atoms with E-state index in [1.54, 1.807) is 0 Å². The second-order valence-electron chi connectivity index (χ2n) is 5.85. The number of thiazole rings is 1. The highest BCUT2D eigenvalue weighted by atomic mass is 32.1. The number of aromatic nitrogens is 1. The van der Waals surface area contributed by atoms with Crippen LogP contribution in [-0.4, -0.2) is 17.5 Å². The predicted octanol–water partition coefficient (Wildman–Crippen LogP) is 4.65. The Kier molecular flexibility index (Phi) is 4.96. The smallest absolute Gasteiger partial charge is 0.229 e. The first kappa shape index (κ1) is 16.0. The highest BCUT2D eigenvalue weighted by Crippen LogP contribution is 2.32. The van der Waals surface area contributed by atoms with Crippen molar-refractivity contribution in [2.75, 3.05) is 11.9 Å². The second kappa shape index (κ2) is 7.13. The van der Waals surface area contributed by atoms with Crippen LogP contribution in [0.25, 0.3) is 11.3 Å². The van der Waals surface area contributed by atoms with Gasteiger partial charge in [0.15, 0.2) is 5.13 Å². The van der Waals surface area contributed by atoms with Crippen molar-refractivity contribution in [3.05, 3.63) is 29.1 Å². The van der Waals surface area contributed by atoms with Gasteiger partial charge in [0.1, 0.15) is 5.75 Å². The van der Waals surface area contributed by atoms with Crippen LogP contribution in [-0.2, 0) is 4.79 Å². The molecule has 3 rings (SSSR count). The Morgan fingerprint density at radius 2 is 2.00 bits per heavy atom. The van der Waals surface area contributed by atoms with E-state index in [2.05, 4.69) is 10.3 Å². The van der Waals surface area contributed by atoms with Gasteiger partial charge in [-0.3, -0.25) is 4.79 Å².